The molecule has 1 N–H and O–H groups in total. The lowest BCUT2D eigenvalue weighted by Gasteiger charge is -2.63. The third-order valence-electron chi connectivity index (χ3n) is 11.2. The summed E-state index contributed by atoms with van der Waals surface area (Å²) < 4.78 is 13.1. The maximum absolute atomic E-state index is 13.3. The van der Waals surface area contributed by atoms with Gasteiger partial charge in [-0.25, -0.2) is 0 Å². The van der Waals surface area contributed by atoms with Crippen LogP contribution in [0.5, 0.6) is 0 Å². The first kappa shape index (κ1) is 28.1. The number of hydrogen-bond donors (Lipinski definition) is 1. The van der Waals surface area contributed by atoms with Gasteiger partial charge in [-0.2, -0.15) is 0 Å². The molecule has 0 heterocycles. The van der Waals surface area contributed by atoms with Crippen molar-refractivity contribution in [3.8, 4) is 0 Å². The number of fused-ring (bicyclic) bond motifs is 5. The molecule has 4 aliphatic carbocycles. The molecule has 0 aromatic heterocycles. The minimum absolute atomic E-state index is 0.0536. The van der Waals surface area contributed by atoms with Gasteiger partial charge in [0.2, 0.25) is 0 Å². The molecule has 1 aromatic rings. The minimum Gasteiger partial charge on any atom is -0.463 e. The van der Waals surface area contributed by atoms with Crippen LogP contribution in [0.1, 0.15) is 84.6 Å². The molecule has 0 unspecified atom stereocenters. The molecule has 4 fully saturated rings. The number of halogens is 1. The lowest BCUT2D eigenvalue weighted by atomic mass is 9.43. The van der Waals surface area contributed by atoms with Crippen molar-refractivity contribution in [3.05, 3.63) is 33.4 Å². The molecule has 0 saturated heterocycles. The Morgan fingerprint density at radius 2 is 1.74 bits per heavy atom. The summed E-state index contributed by atoms with van der Waals surface area (Å²) in [5, 5.41) is 11.6. The summed E-state index contributed by atoms with van der Waals surface area (Å²) in [7, 11) is 0. The molecule has 0 spiro atoms. The van der Waals surface area contributed by atoms with E-state index in [2.05, 4.69) is 36.4 Å². The van der Waals surface area contributed by atoms with Gasteiger partial charge < -0.3 is 14.6 Å². The Hall–Kier alpha value is -1.48. The second kappa shape index (κ2) is 10.2. The van der Waals surface area contributed by atoms with Crippen molar-refractivity contribution in [2.75, 3.05) is 0 Å². The van der Waals surface area contributed by atoms with E-state index in [1.165, 1.54) is 13.8 Å². The smallest absolute Gasteiger partial charge is 0.310 e. The van der Waals surface area contributed by atoms with Crippen LogP contribution in [0.4, 0.5) is 0 Å². The van der Waals surface area contributed by atoms with Crippen molar-refractivity contribution < 1.29 is 29.0 Å². The fourth-order valence-electron chi connectivity index (χ4n) is 9.24. The molecule has 0 amide bonds. The fraction of sp³-hybridized carbons (Fsp3) is 0.710. The van der Waals surface area contributed by atoms with Gasteiger partial charge in [0.1, 0.15) is 17.8 Å². The predicted octanol–water partition coefficient (Wildman–Crippen LogP) is 5.65. The number of rotatable bonds is 5. The summed E-state index contributed by atoms with van der Waals surface area (Å²) in [6, 6.07) is 7.92. The Labute approximate surface area is 239 Å². The van der Waals surface area contributed by atoms with E-state index in [4.69, 9.17) is 9.47 Å². The monoisotopic (exact) mass is 636 g/mol. The molecule has 0 aliphatic heterocycles. The Bertz CT molecular complexity index is 1120. The summed E-state index contributed by atoms with van der Waals surface area (Å²) in [5.74, 6) is 0.240. The molecular formula is C31H41IO6. The van der Waals surface area contributed by atoms with Crippen LogP contribution in [0.3, 0.4) is 0 Å². The summed E-state index contributed by atoms with van der Waals surface area (Å²) in [6.45, 7) is 7.47. The molecule has 7 heteroatoms. The second-order valence-electron chi connectivity index (χ2n) is 13.0. The first-order chi connectivity index (χ1) is 17.9. The highest BCUT2D eigenvalue weighted by Gasteiger charge is 2.68. The Kier molecular flexibility index (Phi) is 7.51. The maximum Gasteiger partial charge on any atom is 0.310 e. The van der Waals surface area contributed by atoms with E-state index >= 15 is 0 Å². The van der Waals surface area contributed by atoms with Crippen LogP contribution in [0.2, 0.25) is 0 Å². The van der Waals surface area contributed by atoms with Gasteiger partial charge in [-0.1, -0.05) is 26.0 Å². The van der Waals surface area contributed by atoms with Gasteiger partial charge >= 0.3 is 11.9 Å². The maximum atomic E-state index is 13.3. The van der Waals surface area contributed by atoms with Crippen molar-refractivity contribution in [1.82, 2.24) is 0 Å². The van der Waals surface area contributed by atoms with E-state index in [1.807, 2.05) is 24.3 Å². The van der Waals surface area contributed by atoms with Gasteiger partial charge in [-0.15, -0.1) is 0 Å². The summed E-state index contributed by atoms with van der Waals surface area (Å²) in [4.78, 5) is 37.8. The lowest BCUT2D eigenvalue weighted by molar-refractivity contribution is -0.207. The molecule has 5 rings (SSSR count). The number of carbonyl (C=O) groups is 3. The van der Waals surface area contributed by atoms with Gasteiger partial charge in [0.15, 0.2) is 5.78 Å². The van der Waals surface area contributed by atoms with E-state index in [9.17, 15) is 19.5 Å². The first-order valence-electron chi connectivity index (χ1n) is 14.2. The van der Waals surface area contributed by atoms with E-state index < -0.39 is 11.0 Å². The lowest BCUT2D eigenvalue weighted by Crippen LogP contribution is -2.62. The number of ether oxygens (including phenoxy) is 2. The summed E-state index contributed by atoms with van der Waals surface area (Å²) in [5.41, 5.74) is -0.842. The minimum atomic E-state index is -1.32. The number of ketones is 1. The second-order valence-corrected chi connectivity index (χ2v) is 14.2. The van der Waals surface area contributed by atoms with E-state index in [1.54, 1.807) is 0 Å². The highest BCUT2D eigenvalue weighted by atomic mass is 127. The number of esters is 2. The zero-order valence-electron chi connectivity index (χ0n) is 23.0. The molecule has 0 radical (unpaired) electrons. The van der Waals surface area contributed by atoms with Gasteiger partial charge in [0.25, 0.3) is 0 Å². The van der Waals surface area contributed by atoms with Crippen LogP contribution < -0.4 is 0 Å². The van der Waals surface area contributed by atoms with Crippen molar-refractivity contribution >= 4 is 40.3 Å². The largest absolute Gasteiger partial charge is 0.463 e. The van der Waals surface area contributed by atoms with Gasteiger partial charge in [0, 0.05) is 21.8 Å². The Morgan fingerprint density at radius 3 is 2.42 bits per heavy atom. The van der Waals surface area contributed by atoms with Gasteiger partial charge in [-0.3, -0.25) is 14.4 Å². The first-order valence-corrected chi connectivity index (χ1v) is 15.3. The standard InChI is InChI=1S/C31H41IO6/c1-18(33)31(36)13-10-25-28-24(9-12-30(25,31)4)29(3)11-8-23(37-19(2)34)16-21(29)17-26(28)38-27(35)15-20-6-5-7-22(32)14-20/h5-7,14,21,23-26,28,36H,8-13,15-17H2,1-4H3/t21-,23-,24-,25-,26+,28-,29+,30+,31+/m1/s1. The van der Waals surface area contributed by atoms with Crippen LogP contribution in [-0.4, -0.2) is 40.6 Å². The molecule has 38 heavy (non-hydrogen) atoms. The third kappa shape index (κ3) is 4.63. The van der Waals surface area contributed by atoms with Crippen LogP contribution in [0, 0.1) is 38.1 Å². The average Bonchev–Trinajstić information content (AvgIpc) is 3.11. The Morgan fingerprint density at radius 1 is 1.00 bits per heavy atom. The van der Waals surface area contributed by atoms with E-state index in [0.717, 1.165) is 54.1 Å². The van der Waals surface area contributed by atoms with Crippen LogP contribution in [0.15, 0.2) is 24.3 Å². The highest BCUT2D eigenvalue weighted by Crippen LogP contribution is 2.68. The average molecular weight is 637 g/mol. The van der Waals surface area contributed by atoms with Gasteiger partial charge in [-0.05, 0) is 122 Å². The summed E-state index contributed by atoms with van der Waals surface area (Å²) in [6.07, 6.45) is 6.17. The number of hydrogen-bond acceptors (Lipinski definition) is 6. The molecule has 0 bridgehead atoms. The quantitative estimate of drug-likeness (QED) is 0.332. The zero-order valence-corrected chi connectivity index (χ0v) is 25.2. The number of benzene rings is 1. The van der Waals surface area contributed by atoms with Crippen LogP contribution >= 0.6 is 22.6 Å². The topological polar surface area (TPSA) is 89.9 Å². The summed E-state index contributed by atoms with van der Waals surface area (Å²) >= 11 is 2.25. The number of aliphatic hydroxyl groups is 1. The van der Waals surface area contributed by atoms with Crippen molar-refractivity contribution in [3.63, 3.8) is 0 Å². The van der Waals surface area contributed by atoms with Crippen molar-refractivity contribution in [1.29, 1.82) is 0 Å². The SMILES string of the molecule is CC(=O)O[C@@H]1CC[C@@]2(C)[C@H](C1)C[C@H](OC(=O)Cc1cccc(I)c1)[C@@H]1[C@H]2CC[C@@]2(C)[C@@H]1CC[C@]2(O)C(C)=O. The molecule has 1 aromatic carbocycles. The van der Waals surface area contributed by atoms with E-state index in [0.29, 0.717) is 12.3 Å². The molecule has 208 valence electrons. The van der Waals surface area contributed by atoms with E-state index in [-0.39, 0.29) is 59.5 Å². The Balaban J connectivity index is 1.46. The highest BCUT2D eigenvalue weighted by molar-refractivity contribution is 14.1. The molecule has 4 saturated carbocycles. The molecule has 4 aliphatic rings. The molecule has 9 atom stereocenters. The number of Topliss-reactive ketones (excluding diaryl/α,β-unsaturated/α-hetero) is 1. The van der Waals surface area contributed by atoms with Crippen LogP contribution in [0.25, 0.3) is 0 Å². The third-order valence-corrected chi connectivity index (χ3v) is 11.9. The molecule has 6 nitrogen and oxygen atoms in total. The van der Waals surface area contributed by atoms with Gasteiger partial charge in [0.05, 0.1) is 6.42 Å². The number of carbonyl (C=O) groups excluding carboxylic acids is 3. The van der Waals surface area contributed by atoms with Crippen LogP contribution in [-0.2, 0) is 30.3 Å². The van der Waals surface area contributed by atoms with Crippen molar-refractivity contribution in [2.45, 2.75) is 103 Å². The fourth-order valence-corrected chi connectivity index (χ4v) is 9.85. The predicted molar refractivity (Wildman–Crippen MR) is 151 cm³/mol. The molecular weight excluding hydrogens is 595 g/mol. The van der Waals surface area contributed by atoms with Crippen molar-refractivity contribution in [2.24, 2.45) is 34.5 Å². The normalized spacial score (nSPS) is 41.8. The zero-order chi connectivity index (χ0) is 27.5.